The quantitative estimate of drug-likeness (QED) is 0.703. The zero-order valence-corrected chi connectivity index (χ0v) is 7.13. The van der Waals surface area contributed by atoms with Crippen LogP contribution in [0.1, 0.15) is 0 Å². The van der Waals surface area contributed by atoms with Gasteiger partial charge in [-0.05, 0) is 0 Å². The highest BCUT2D eigenvalue weighted by molar-refractivity contribution is 5.22. The fourth-order valence-electron chi connectivity index (χ4n) is 1.13. The van der Waals surface area contributed by atoms with E-state index in [4.69, 9.17) is 0 Å². The third-order valence-electron chi connectivity index (χ3n) is 2.04. The second kappa shape index (κ2) is 3.66. The van der Waals surface area contributed by atoms with Crippen molar-refractivity contribution in [1.82, 2.24) is 15.3 Å². The summed E-state index contributed by atoms with van der Waals surface area (Å²) in [6.45, 7) is 2.92. The summed E-state index contributed by atoms with van der Waals surface area (Å²) in [4.78, 5) is 7.58. The first kappa shape index (κ1) is 8.37. The van der Waals surface area contributed by atoms with Gasteiger partial charge in [-0.25, -0.2) is 14.4 Å². The van der Waals surface area contributed by atoms with Crippen LogP contribution in [0.4, 0.5) is 10.3 Å². The molecule has 0 atom stereocenters. The summed E-state index contributed by atoms with van der Waals surface area (Å²) in [6.07, 6.45) is 2.32. The van der Waals surface area contributed by atoms with Gasteiger partial charge in [0.05, 0.1) is 12.4 Å². The molecule has 4 nitrogen and oxygen atoms in total. The molecule has 0 spiro atoms. The molecule has 1 fully saturated rings. The van der Waals surface area contributed by atoms with Gasteiger partial charge in [-0.15, -0.1) is 0 Å². The second-order valence-electron chi connectivity index (χ2n) is 3.13. The minimum absolute atomic E-state index is 0.407. The monoisotopic (exact) mass is 182 g/mol. The lowest BCUT2D eigenvalue weighted by Crippen LogP contribution is -2.45. The molecule has 2 rings (SSSR count). The van der Waals surface area contributed by atoms with Gasteiger partial charge in [-0.3, -0.25) is 0 Å². The van der Waals surface area contributed by atoms with Gasteiger partial charge in [0.25, 0.3) is 0 Å². The molecule has 1 aliphatic rings. The Labute approximate surface area is 75.6 Å². The molecule has 0 amide bonds. The molecule has 2 N–H and O–H groups in total. The zero-order chi connectivity index (χ0) is 9.10. The summed E-state index contributed by atoms with van der Waals surface area (Å²) < 4.78 is 12.4. The van der Waals surface area contributed by atoms with E-state index in [-0.39, 0.29) is 0 Å². The summed E-state index contributed by atoms with van der Waals surface area (Å²) in [5.41, 5.74) is 0. The SMILES string of the molecule is Fc1cnc(NCC2CNC2)nc1. The van der Waals surface area contributed by atoms with E-state index < -0.39 is 5.82 Å². The maximum Gasteiger partial charge on any atom is 0.222 e. The van der Waals surface area contributed by atoms with Crippen LogP contribution < -0.4 is 10.6 Å². The standard InChI is InChI=1S/C8H11FN4/c9-7-4-12-8(13-5-7)11-3-6-1-10-2-6/h4-6,10H,1-3H2,(H,11,12,13). The van der Waals surface area contributed by atoms with Crippen LogP contribution in [0, 0.1) is 11.7 Å². The van der Waals surface area contributed by atoms with Crippen molar-refractivity contribution < 1.29 is 4.39 Å². The van der Waals surface area contributed by atoms with Crippen molar-refractivity contribution in [3.63, 3.8) is 0 Å². The third kappa shape index (κ3) is 2.12. The third-order valence-corrected chi connectivity index (χ3v) is 2.04. The minimum atomic E-state index is -0.407. The average molecular weight is 182 g/mol. The molecule has 5 heteroatoms. The number of anilines is 1. The van der Waals surface area contributed by atoms with E-state index in [0.29, 0.717) is 11.9 Å². The van der Waals surface area contributed by atoms with Gasteiger partial charge in [-0.2, -0.15) is 0 Å². The number of hydrogen-bond donors (Lipinski definition) is 2. The number of rotatable bonds is 3. The Morgan fingerprint density at radius 2 is 2.15 bits per heavy atom. The Hall–Kier alpha value is -1.23. The van der Waals surface area contributed by atoms with E-state index in [2.05, 4.69) is 20.6 Å². The van der Waals surface area contributed by atoms with Crippen LogP contribution >= 0.6 is 0 Å². The minimum Gasteiger partial charge on any atom is -0.354 e. The smallest absolute Gasteiger partial charge is 0.222 e. The normalized spacial score (nSPS) is 16.7. The lowest BCUT2D eigenvalue weighted by molar-refractivity contribution is 0.365. The van der Waals surface area contributed by atoms with Crippen molar-refractivity contribution in [3.8, 4) is 0 Å². The zero-order valence-electron chi connectivity index (χ0n) is 7.13. The Bertz CT molecular complexity index is 270. The summed E-state index contributed by atoms with van der Waals surface area (Å²) in [7, 11) is 0. The van der Waals surface area contributed by atoms with Crippen molar-refractivity contribution in [2.24, 2.45) is 5.92 Å². The van der Waals surface area contributed by atoms with Crippen molar-refractivity contribution in [2.75, 3.05) is 25.0 Å². The molecular formula is C8H11FN4. The maximum atomic E-state index is 12.4. The molecule has 70 valence electrons. The summed E-state index contributed by atoms with van der Waals surface area (Å²) >= 11 is 0. The van der Waals surface area contributed by atoms with E-state index in [0.717, 1.165) is 32.0 Å². The number of aromatic nitrogens is 2. The van der Waals surface area contributed by atoms with Crippen LogP contribution in [0.15, 0.2) is 12.4 Å². The Morgan fingerprint density at radius 1 is 1.46 bits per heavy atom. The van der Waals surface area contributed by atoms with Crippen LogP contribution in [0.25, 0.3) is 0 Å². The van der Waals surface area contributed by atoms with E-state index in [9.17, 15) is 4.39 Å². The van der Waals surface area contributed by atoms with Crippen LogP contribution in [0.2, 0.25) is 0 Å². The number of halogens is 1. The van der Waals surface area contributed by atoms with Gasteiger partial charge in [0, 0.05) is 25.6 Å². The predicted molar refractivity (Wildman–Crippen MR) is 46.8 cm³/mol. The van der Waals surface area contributed by atoms with Gasteiger partial charge in [-0.1, -0.05) is 0 Å². The molecule has 1 aromatic rings. The van der Waals surface area contributed by atoms with Gasteiger partial charge < -0.3 is 10.6 Å². The maximum absolute atomic E-state index is 12.4. The van der Waals surface area contributed by atoms with Gasteiger partial charge in [0.15, 0.2) is 5.82 Å². The van der Waals surface area contributed by atoms with Crippen molar-refractivity contribution >= 4 is 5.95 Å². The van der Waals surface area contributed by atoms with Crippen LogP contribution in [0.3, 0.4) is 0 Å². The topological polar surface area (TPSA) is 49.8 Å². The highest BCUT2D eigenvalue weighted by Gasteiger charge is 2.16. The first-order valence-electron chi connectivity index (χ1n) is 4.27. The largest absolute Gasteiger partial charge is 0.354 e. The highest BCUT2D eigenvalue weighted by atomic mass is 19.1. The van der Waals surface area contributed by atoms with Crippen molar-refractivity contribution in [3.05, 3.63) is 18.2 Å². The molecule has 0 aromatic carbocycles. The number of hydrogen-bond acceptors (Lipinski definition) is 4. The van der Waals surface area contributed by atoms with E-state index in [1.54, 1.807) is 0 Å². The molecule has 0 saturated carbocycles. The molecule has 0 bridgehead atoms. The van der Waals surface area contributed by atoms with Crippen molar-refractivity contribution in [2.45, 2.75) is 0 Å². The number of nitrogens with one attached hydrogen (secondary N) is 2. The molecule has 13 heavy (non-hydrogen) atoms. The molecule has 0 unspecified atom stereocenters. The van der Waals surface area contributed by atoms with E-state index >= 15 is 0 Å². The van der Waals surface area contributed by atoms with E-state index in [1.165, 1.54) is 0 Å². The van der Waals surface area contributed by atoms with Crippen molar-refractivity contribution in [1.29, 1.82) is 0 Å². The van der Waals surface area contributed by atoms with E-state index in [1.807, 2.05) is 0 Å². The molecule has 2 heterocycles. The van der Waals surface area contributed by atoms with Gasteiger partial charge >= 0.3 is 0 Å². The number of nitrogens with zero attached hydrogens (tertiary/aromatic N) is 2. The average Bonchev–Trinajstić information content (AvgIpc) is 2.05. The second-order valence-corrected chi connectivity index (χ2v) is 3.13. The predicted octanol–water partition coefficient (Wildman–Crippen LogP) is 0.247. The highest BCUT2D eigenvalue weighted by Crippen LogP contribution is 2.04. The Balaban J connectivity index is 1.83. The molecular weight excluding hydrogens is 171 g/mol. The lowest BCUT2D eigenvalue weighted by Gasteiger charge is -2.26. The molecule has 1 aromatic heterocycles. The van der Waals surface area contributed by atoms with Crippen LogP contribution in [0.5, 0.6) is 0 Å². The Morgan fingerprint density at radius 3 is 2.69 bits per heavy atom. The summed E-state index contributed by atoms with van der Waals surface area (Å²) in [6, 6.07) is 0. The first-order chi connectivity index (χ1) is 6.34. The van der Waals surface area contributed by atoms with Gasteiger partial charge in [0.1, 0.15) is 0 Å². The fraction of sp³-hybridized carbons (Fsp3) is 0.500. The van der Waals surface area contributed by atoms with Crippen LogP contribution in [-0.2, 0) is 0 Å². The Kier molecular flexibility index (Phi) is 2.35. The molecule has 0 radical (unpaired) electrons. The summed E-state index contributed by atoms with van der Waals surface area (Å²) in [5.74, 6) is 0.734. The lowest BCUT2D eigenvalue weighted by atomic mass is 10.0. The fourth-order valence-corrected chi connectivity index (χ4v) is 1.13. The molecule has 0 aliphatic carbocycles. The first-order valence-corrected chi connectivity index (χ1v) is 4.27. The summed E-state index contributed by atoms with van der Waals surface area (Å²) in [5, 5.41) is 6.21. The van der Waals surface area contributed by atoms with Gasteiger partial charge in [0.2, 0.25) is 5.95 Å². The molecule has 1 saturated heterocycles. The molecule has 1 aliphatic heterocycles. The van der Waals surface area contributed by atoms with Crippen LogP contribution in [-0.4, -0.2) is 29.6 Å².